The summed E-state index contributed by atoms with van der Waals surface area (Å²) >= 11 is 0. The van der Waals surface area contributed by atoms with Gasteiger partial charge in [0.1, 0.15) is 0 Å². The molecular formula is C15H22ClNO2. The summed E-state index contributed by atoms with van der Waals surface area (Å²) in [7, 11) is 1.40. The van der Waals surface area contributed by atoms with Crippen LogP contribution in [-0.4, -0.2) is 25.2 Å². The molecule has 0 aromatic heterocycles. The van der Waals surface area contributed by atoms with Crippen molar-refractivity contribution in [2.45, 2.75) is 26.3 Å². The minimum absolute atomic E-state index is 0. The van der Waals surface area contributed by atoms with E-state index in [4.69, 9.17) is 4.74 Å². The van der Waals surface area contributed by atoms with Crippen LogP contribution in [0, 0.1) is 0 Å². The van der Waals surface area contributed by atoms with Crippen molar-refractivity contribution in [2.75, 3.05) is 13.7 Å². The number of ether oxygens (including phenoxy) is 1. The summed E-state index contributed by atoms with van der Waals surface area (Å²) in [5.74, 6) is -0.296. The molecule has 1 N–H and O–H groups in total. The first-order chi connectivity index (χ1) is 8.42. The number of rotatable bonds is 4. The fourth-order valence-electron chi connectivity index (χ4n) is 1.42. The van der Waals surface area contributed by atoms with E-state index in [0.29, 0.717) is 12.1 Å². The molecule has 106 valence electrons. The average Bonchev–Trinajstić information content (AvgIpc) is 2.33. The maximum atomic E-state index is 11.7. The van der Waals surface area contributed by atoms with Crippen molar-refractivity contribution >= 4 is 24.5 Å². The Kier molecular flexibility index (Phi) is 7.42. The molecule has 0 heterocycles. The monoisotopic (exact) mass is 283 g/mol. The van der Waals surface area contributed by atoms with Gasteiger partial charge in [0.15, 0.2) is 0 Å². The van der Waals surface area contributed by atoms with Crippen LogP contribution in [0.3, 0.4) is 0 Å². The number of hydrogen-bond donors (Lipinski definition) is 1. The largest absolute Gasteiger partial charge is 0.466 e. The quantitative estimate of drug-likeness (QED) is 0.682. The zero-order valence-corrected chi connectivity index (χ0v) is 12.7. The molecule has 1 rings (SSSR count). The molecule has 0 saturated carbocycles. The summed E-state index contributed by atoms with van der Waals surface area (Å²) in [6.07, 6.45) is 1.85. The third-order valence-electron chi connectivity index (χ3n) is 2.40. The van der Waals surface area contributed by atoms with E-state index < -0.39 is 0 Å². The Morgan fingerprint density at radius 3 is 2.32 bits per heavy atom. The number of halogens is 1. The third-order valence-corrected chi connectivity index (χ3v) is 2.40. The van der Waals surface area contributed by atoms with Gasteiger partial charge in [-0.15, -0.1) is 12.4 Å². The van der Waals surface area contributed by atoms with Gasteiger partial charge < -0.3 is 10.1 Å². The predicted molar refractivity (Wildman–Crippen MR) is 81.4 cm³/mol. The van der Waals surface area contributed by atoms with Crippen molar-refractivity contribution in [3.8, 4) is 0 Å². The highest BCUT2D eigenvalue weighted by Gasteiger charge is 2.14. The second-order valence-electron chi connectivity index (χ2n) is 5.18. The van der Waals surface area contributed by atoms with Crippen LogP contribution in [0.4, 0.5) is 0 Å². The number of hydrogen-bond acceptors (Lipinski definition) is 3. The third kappa shape index (κ3) is 6.99. The zero-order chi connectivity index (χ0) is 13.6. The van der Waals surface area contributed by atoms with Gasteiger partial charge in [0.25, 0.3) is 0 Å². The first-order valence-electron chi connectivity index (χ1n) is 6.01. The van der Waals surface area contributed by atoms with Crippen LogP contribution in [-0.2, 0) is 9.53 Å². The van der Waals surface area contributed by atoms with Gasteiger partial charge in [-0.2, -0.15) is 0 Å². The minimum atomic E-state index is -0.296. The van der Waals surface area contributed by atoms with E-state index in [2.05, 4.69) is 26.1 Å². The van der Waals surface area contributed by atoms with Crippen molar-refractivity contribution < 1.29 is 9.53 Å². The molecule has 4 heteroatoms. The van der Waals surface area contributed by atoms with Crippen LogP contribution < -0.4 is 5.32 Å². The van der Waals surface area contributed by atoms with Crippen LogP contribution in [0.1, 0.15) is 26.3 Å². The van der Waals surface area contributed by atoms with Gasteiger partial charge in [0, 0.05) is 12.1 Å². The maximum Gasteiger partial charge on any atom is 0.335 e. The highest BCUT2D eigenvalue weighted by atomic mass is 35.5. The predicted octanol–water partition coefficient (Wildman–Crippen LogP) is 3.05. The van der Waals surface area contributed by atoms with Gasteiger partial charge in [-0.1, -0.05) is 30.3 Å². The minimum Gasteiger partial charge on any atom is -0.466 e. The van der Waals surface area contributed by atoms with Crippen molar-refractivity contribution in [3.63, 3.8) is 0 Å². The molecule has 0 unspecified atom stereocenters. The molecule has 0 atom stereocenters. The van der Waals surface area contributed by atoms with E-state index in [1.165, 1.54) is 7.11 Å². The smallest absolute Gasteiger partial charge is 0.335 e. The van der Waals surface area contributed by atoms with Gasteiger partial charge >= 0.3 is 5.97 Å². The molecule has 0 amide bonds. The number of methoxy groups -OCH3 is 1. The summed E-state index contributed by atoms with van der Waals surface area (Å²) in [6, 6.07) is 9.75. The Morgan fingerprint density at radius 1 is 1.26 bits per heavy atom. The van der Waals surface area contributed by atoms with E-state index in [-0.39, 0.29) is 23.9 Å². The molecule has 1 aromatic rings. The first-order valence-corrected chi connectivity index (χ1v) is 6.01. The first kappa shape index (κ1) is 17.7. The molecule has 19 heavy (non-hydrogen) atoms. The van der Waals surface area contributed by atoms with E-state index in [9.17, 15) is 4.79 Å². The lowest BCUT2D eigenvalue weighted by Crippen LogP contribution is -2.38. The Hall–Kier alpha value is -1.32. The normalized spacial score (nSPS) is 11.7. The van der Waals surface area contributed by atoms with Gasteiger partial charge in [-0.3, -0.25) is 0 Å². The van der Waals surface area contributed by atoms with Gasteiger partial charge in [0.2, 0.25) is 0 Å². The highest BCUT2D eigenvalue weighted by molar-refractivity contribution is 5.94. The zero-order valence-electron chi connectivity index (χ0n) is 11.9. The summed E-state index contributed by atoms with van der Waals surface area (Å²) in [4.78, 5) is 11.7. The van der Waals surface area contributed by atoms with Crippen molar-refractivity contribution in [3.05, 3.63) is 41.5 Å². The Labute approximate surface area is 121 Å². The Balaban J connectivity index is 0.00000324. The molecule has 0 aliphatic rings. The molecule has 1 aromatic carbocycles. The number of benzene rings is 1. The molecule has 0 radical (unpaired) electrons. The lowest BCUT2D eigenvalue weighted by atomic mass is 10.1. The Bertz CT molecular complexity index is 422. The SMILES string of the molecule is COC(=O)/C(=C\c1ccccc1)CNC(C)(C)C.Cl. The van der Waals surface area contributed by atoms with Crippen LogP contribution in [0.5, 0.6) is 0 Å². The van der Waals surface area contributed by atoms with E-state index in [0.717, 1.165) is 5.56 Å². The second kappa shape index (κ2) is 7.97. The molecule has 0 saturated heterocycles. The van der Waals surface area contributed by atoms with Crippen molar-refractivity contribution in [1.82, 2.24) is 5.32 Å². The summed E-state index contributed by atoms with van der Waals surface area (Å²) in [6.45, 7) is 6.67. The highest BCUT2D eigenvalue weighted by Crippen LogP contribution is 2.09. The van der Waals surface area contributed by atoms with Crippen molar-refractivity contribution in [2.24, 2.45) is 0 Å². The lowest BCUT2D eigenvalue weighted by Gasteiger charge is -2.21. The van der Waals surface area contributed by atoms with Crippen LogP contribution >= 0.6 is 12.4 Å². The Morgan fingerprint density at radius 2 is 1.84 bits per heavy atom. The molecule has 0 aliphatic heterocycles. The van der Waals surface area contributed by atoms with Gasteiger partial charge in [-0.05, 0) is 32.4 Å². The molecule has 0 spiro atoms. The van der Waals surface area contributed by atoms with E-state index in [1.807, 2.05) is 36.4 Å². The standard InChI is InChI=1S/C15H21NO2.ClH/c1-15(2,3)16-11-13(14(17)18-4)10-12-8-6-5-7-9-12;/h5-10,16H,11H2,1-4H3;1H/b13-10-;. The van der Waals surface area contributed by atoms with E-state index >= 15 is 0 Å². The topological polar surface area (TPSA) is 38.3 Å². The van der Waals surface area contributed by atoms with Gasteiger partial charge in [-0.25, -0.2) is 4.79 Å². The van der Waals surface area contributed by atoms with Crippen molar-refractivity contribution in [1.29, 1.82) is 0 Å². The maximum absolute atomic E-state index is 11.7. The lowest BCUT2D eigenvalue weighted by molar-refractivity contribution is -0.136. The second-order valence-corrected chi connectivity index (χ2v) is 5.18. The summed E-state index contributed by atoms with van der Waals surface area (Å²) < 4.78 is 4.80. The average molecular weight is 284 g/mol. The van der Waals surface area contributed by atoms with Crippen LogP contribution in [0.25, 0.3) is 6.08 Å². The fraction of sp³-hybridized carbons (Fsp3) is 0.400. The molecular weight excluding hydrogens is 262 g/mol. The summed E-state index contributed by atoms with van der Waals surface area (Å²) in [5.41, 5.74) is 1.58. The van der Waals surface area contributed by atoms with Crippen LogP contribution in [0.15, 0.2) is 35.9 Å². The number of carbonyl (C=O) groups is 1. The number of esters is 1. The number of nitrogens with one attached hydrogen (secondary N) is 1. The summed E-state index contributed by atoms with van der Waals surface area (Å²) in [5, 5.41) is 3.29. The number of carbonyl (C=O) groups excluding carboxylic acids is 1. The molecule has 3 nitrogen and oxygen atoms in total. The van der Waals surface area contributed by atoms with Crippen LogP contribution in [0.2, 0.25) is 0 Å². The molecule has 0 aliphatic carbocycles. The van der Waals surface area contributed by atoms with Gasteiger partial charge in [0.05, 0.1) is 12.7 Å². The fourth-order valence-corrected chi connectivity index (χ4v) is 1.42. The molecule has 0 fully saturated rings. The van der Waals surface area contributed by atoms with E-state index in [1.54, 1.807) is 0 Å². The molecule has 0 bridgehead atoms.